The molecule has 0 unspecified atom stereocenters. The fraction of sp³-hybridized carbons (Fsp3) is 0.143. The van der Waals surface area contributed by atoms with E-state index in [0.717, 1.165) is 21.4 Å². The van der Waals surface area contributed by atoms with Crippen LogP contribution in [0.5, 0.6) is 0 Å². The van der Waals surface area contributed by atoms with Gasteiger partial charge in [-0.05, 0) is 31.2 Å². The lowest BCUT2D eigenvalue weighted by Gasteiger charge is -1.96. The predicted octanol–water partition coefficient (Wildman–Crippen LogP) is 5.05. The van der Waals surface area contributed by atoms with Crippen molar-refractivity contribution >= 4 is 34.7 Å². The Morgan fingerprint density at radius 2 is 2.10 bits per heavy atom. The monoisotopic (exact) mass is 322 g/mol. The van der Waals surface area contributed by atoms with Crippen molar-refractivity contribution in [1.82, 2.24) is 9.97 Å². The van der Waals surface area contributed by atoms with Crippen LogP contribution >= 0.6 is 34.7 Å². The smallest absolute Gasteiger partial charge is 0.205 e. The SMILES string of the molecule is Cc1csc(SCc2ncc(-c3ccc(Cl)cc3)o2)n1. The molecule has 0 saturated heterocycles. The second-order valence-electron chi connectivity index (χ2n) is 4.17. The zero-order valence-electron chi connectivity index (χ0n) is 10.7. The highest BCUT2D eigenvalue weighted by Gasteiger charge is 2.08. The first-order valence-electron chi connectivity index (χ1n) is 5.96. The third kappa shape index (κ3) is 3.23. The number of nitrogens with zero attached hydrogens (tertiary/aromatic N) is 2. The van der Waals surface area contributed by atoms with E-state index in [9.17, 15) is 0 Å². The van der Waals surface area contributed by atoms with Crippen LogP contribution in [-0.2, 0) is 5.75 Å². The molecule has 1 aromatic carbocycles. The van der Waals surface area contributed by atoms with Crippen LogP contribution in [0.2, 0.25) is 5.02 Å². The van der Waals surface area contributed by atoms with Gasteiger partial charge >= 0.3 is 0 Å². The molecule has 0 spiro atoms. The van der Waals surface area contributed by atoms with Gasteiger partial charge in [-0.2, -0.15) is 0 Å². The lowest BCUT2D eigenvalue weighted by atomic mass is 10.2. The number of halogens is 1. The van der Waals surface area contributed by atoms with Gasteiger partial charge in [-0.15, -0.1) is 11.3 Å². The average Bonchev–Trinajstić information content (AvgIpc) is 3.06. The molecule has 0 radical (unpaired) electrons. The molecule has 0 amide bonds. The molecule has 0 aliphatic carbocycles. The summed E-state index contributed by atoms with van der Waals surface area (Å²) in [6.07, 6.45) is 1.74. The quantitative estimate of drug-likeness (QED) is 0.630. The second-order valence-corrected chi connectivity index (χ2v) is 6.69. The number of benzene rings is 1. The van der Waals surface area contributed by atoms with Crippen molar-refractivity contribution in [3.8, 4) is 11.3 Å². The lowest BCUT2D eigenvalue weighted by molar-refractivity contribution is 0.530. The number of rotatable bonds is 4. The van der Waals surface area contributed by atoms with Crippen LogP contribution in [0.25, 0.3) is 11.3 Å². The molecule has 0 atom stereocenters. The molecule has 0 fully saturated rings. The summed E-state index contributed by atoms with van der Waals surface area (Å²) in [5.41, 5.74) is 2.02. The Kier molecular flexibility index (Phi) is 4.10. The summed E-state index contributed by atoms with van der Waals surface area (Å²) >= 11 is 9.15. The number of thioether (sulfide) groups is 1. The van der Waals surface area contributed by atoms with E-state index in [1.807, 2.05) is 36.6 Å². The van der Waals surface area contributed by atoms with Crippen LogP contribution in [0.3, 0.4) is 0 Å². The van der Waals surface area contributed by atoms with E-state index < -0.39 is 0 Å². The normalized spacial score (nSPS) is 10.9. The predicted molar refractivity (Wildman–Crippen MR) is 83.4 cm³/mol. The first-order valence-corrected chi connectivity index (χ1v) is 8.20. The number of aryl methyl sites for hydroxylation is 1. The molecule has 3 nitrogen and oxygen atoms in total. The van der Waals surface area contributed by atoms with E-state index in [4.69, 9.17) is 16.0 Å². The maximum Gasteiger partial charge on any atom is 0.205 e. The lowest BCUT2D eigenvalue weighted by Crippen LogP contribution is -1.79. The van der Waals surface area contributed by atoms with Crippen molar-refractivity contribution in [2.75, 3.05) is 0 Å². The molecule has 102 valence electrons. The Hall–Kier alpha value is -1.30. The number of hydrogen-bond acceptors (Lipinski definition) is 5. The van der Waals surface area contributed by atoms with Gasteiger partial charge in [-0.3, -0.25) is 0 Å². The molecule has 2 aromatic heterocycles. The van der Waals surface area contributed by atoms with Crippen molar-refractivity contribution in [3.63, 3.8) is 0 Å². The summed E-state index contributed by atoms with van der Waals surface area (Å²) in [6, 6.07) is 7.52. The maximum absolute atomic E-state index is 5.87. The fourth-order valence-corrected chi connectivity index (χ4v) is 3.48. The van der Waals surface area contributed by atoms with Crippen molar-refractivity contribution in [3.05, 3.63) is 52.4 Å². The number of oxazole rings is 1. The van der Waals surface area contributed by atoms with Crippen molar-refractivity contribution in [2.24, 2.45) is 0 Å². The Balaban J connectivity index is 1.69. The molecule has 0 aliphatic rings. The topological polar surface area (TPSA) is 38.9 Å². The molecule has 6 heteroatoms. The summed E-state index contributed by atoms with van der Waals surface area (Å²) in [5, 5.41) is 2.75. The Morgan fingerprint density at radius 3 is 2.80 bits per heavy atom. The van der Waals surface area contributed by atoms with E-state index in [2.05, 4.69) is 9.97 Å². The Labute approximate surface area is 130 Å². The van der Waals surface area contributed by atoms with Gasteiger partial charge in [-0.1, -0.05) is 23.4 Å². The van der Waals surface area contributed by atoms with Crippen LogP contribution < -0.4 is 0 Å². The van der Waals surface area contributed by atoms with Gasteiger partial charge in [0.05, 0.1) is 11.9 Å². The first kappa shape index (κ1) is 13.7. The summed E-state index contributed by atoms with van der Waals surface area (Å²) in [6.45, 7) is 1.99. The zero-order chi connectivity index (χ0) is 13.9. The van der Waals surface area contributed by atoms with Gasteiger partial charge < -0.3 is 4.42 Å². The zero-order valence-corrected chi connectivity index (χ0v) is 13.1. The molecule has 3 aromatic rings. The van der Waals surface area contributed by atoms with E-state index in [-0.39, 0.29) is 0 Å². The summed E-state index contributed by atoms with van der Waals surface area (Å²) in [5.74, 6) is 2.14. The molecular weight excluding hydrogens is 312 g/mol. The van der Waals surface area contributed by atoms with Crippen LogP contribution in [0.4, 0.5) is 0 Å². The minimum absolute atomic E-state index is 0.681. The standard InChI is InChI=1S/C14H11ClN2OS2/c1-9-7-19-14(17-9)20-8-13-16-6-12(18-13)10-2-4-11(15)5-3-10/h2-7H,8H2,1H3. The largest absolute Gasteiger partial charge is 0.440 e. The molecule has 0 bridgehead atoms. The molecule has 0 N–H and O–H groups in total. The van der Waals surface area contributed by atoms with Crippen molar-refractivity contribution < 1.29 is 4.42 Å². The van der Waals surface area contributed by atoms with Crippen LogP contribution in [0.1, 0.15) is 11.6 Å². The van der Waals surface area contributed by atoms with Gasteiger partial charge in [0.2, 0.25) is 5.89 Å². The molecule has 20 heavy (non-hydrogen) atoms. The third-order valence-corrected chi connectivity index (χ3v) is 4.97. The van der Waals surface area contributed by atoms with E-state index >= 15 is 0 Å². The Bertz CT molecular complexity index is 706. The van der Waals surface area contributed by atoms with Gasteiger partial charge in [0.1, 0.15) is 0 Å². The van der Waals surface area contributed by atoms with Gasteiger partial charge in [0.25, 0.3) is 0 Å². The van der Waals surface area contributed by atoms with E-state index in [1.165, 1.54) is 0 Å². The molecule has 3 rings (SSSR count). The molecular formula is C14H11ClN2OS2. The van der Waals surface area contributed by atoms with Gasteiger partial charge in [0, 0.05) is 21.7 Å². The Morgan fingerprint density at radius 1 is 1.30 bits per heavy atom. The van der Waals surface area contributed by atoms with Gasteiger partial charge in [-0.25, -0.2) is 9.97 Å². The van der Waals surface area contributed by atoms with E-state index in [0.29, 0.717) is 16.7 Å². The van der Waals surface area contributed by atoms with Crippen molar-refractivity contribution in [1.29, 1.82) is 0 Å². The van der Waals surface area contributed by atoms with Gasteiger partial charge in [0.15, 0.2) is 10.1 Å². The highest BCUT2D eigenvalue weighted by Crippen LogP contribution is 2.28. The second kappa shape index (κ2) is 5.99. The minimum atomic E-state index is 0.681. The molecule has 2 heterocycles. The maximum atomic E-state index is 5.87. The van der Waals surface area contributed by atoms with Crippen LogP contribution in [0, 0.1) is 6.92 Å². The number of thiazole rings is 1. The third-order valence-electron chi connectivity index (χ3n) is 2.60. The summed E-state index contributed by atoms with van der Waals surface area (Å²) < 4.78 is 6.78. The number of aromatic nitrogens is 2. The van der Waals surface area contributed by atoms with Crippen LogP contribution in [0.15, 0.2) is 44.6 Å². The highest BCUT2D eigenvalue weighted by atomic mass is 35.5. The minimum Gasteiger partial charge on any atom is -0.440 e. The molecule has 0 aliphatic heterocycles. The summed E-state index contributed by atoms with van der Waals surface area (Å²) in [7, 11) is 0. The molecule has 0 saturated carbocycles. The van der Waals surface area contributed by atoms with E-state index in [1.54, 1.807) is 29.3 Å². The highest BCUT2D eigenvalue weighted by molar-refractivity contribution is 8.00. The average molecular weight is 323 g/mol. The first-order chi connectivity index (χ1) is 9.70. The summed E-state index contributed by atoms with van der Waals surface area (Å²) in [4.78, 5) is 8.69. The fourth-order valence-electron chi connectivity index (χ4n) is 1.65. The number of hydrogen-bond donors (Lipinski definition) is 0. The van der Waals surface area contributed by atoms with Crippen LogP contribution in [-0.4, -0.2) is 9.97 Å². The van der Waals surface area contributed by atoms with Crippen molar-refractivity contribution in [2.45, 2.75) is 17.0 Å².